The lowest BCUT2D eigenvalue weighted by Gasteiger charge is -2.08. The molecule has 0 nitrogen and oxygen atoms in total. The minimum absolute atomic E-state index is 1.19. The Hall–Kier alpha value is -0.420. The van der Waals surface area contributed by atoms with Gasteiger partial charge in [0.2, 0.25) is 0 Å². The largest absolute Gasteiger partial charge is 0.128 e. The minimum Gasteiger partial charge on any atom is -0.128 e. The molecular formula is C34H48Br2S2. The molecule has 0 radical (unpaired) electrons. The summed E-state index contributed by atoms with van der Waals surface area (Å²) in [5.74, 6) is 0. The number of rotatable bonds is 20. The van der Waals surface area contributed by atoms with E-state index in [9.17, 15) is 0 Å². The molecule has 0 aliphatic carbocycles. The van der Waals surface area contributed by atoms with Gasteiger partial charge in [0, 0.05) is 9.75 Å². The Labute approximate surface area is 258 Å². The van der Waals surface area contributed by atoms with E-state index in [1.165, 1.54) is 155 Å². The van der Waals surface area contributed by atoms with Crippen LogP contribution in [0.2, 0.25) is 0 Å². The third-order valence-corrected chi connectivity index (χ3v) is 11.0. The molecular weight excluding hydrogens is 632 g/mol. The summed E-state index contributed by atoms with van der Waals surface area (Å²) in [7, 11) is 0. The Morgan fingerprint density at radius 3 is 1.13 bits per heavy atom. The second-order valence-corrected chi connectivity index (χ2v) is 15.7. The molecule has 210 valence electrons. The predicted octanol–water partition coefficient (Wildman–Crippen LogP) is 14.0. The Kier molecular flexibility index (Phi) is 15.9. The first-order chi connectivity index (χ1) is 18.6. The number of unbranched alkanes of at least 4 members (excludes halogenated alkanes) is 14. The van der Waals surface area contributed by atoms with Crippen LogP contribution in [0.1, 0.15) is 128 Å². The fourth-order valence-electron chi connectivity index (χ4n) is 5.32. The highest BCUT2D eigenvalue weighted by molar-refractivity contribution is 9.11. The van der Waals surface area contributed by atoms with E-state index in [1.54, 1.807) is 0 Å². The molecule has 0 fully saturated rings. The molecule has 38 heavy (non-hydrogen) atoms. The van der Waals surface area contributed by atoms with E-state index in [2.05, 4.69) is 82.1 Å². The van der Waals surface area contributed by atoms with Gasteiger partial charge in [-0.3, -0.25) is 0 Å². The van der Waals surface area contributed by atoms with Crippen LogP contribution in [0.25, 0.3) is 20.9 Å². The van der Waals surface area contributed by atoms with Crippen molar-refractivity contribution >= 4 is 54.5 Å². The van der Waals surface area contributed by atoms with Gasteiger partial charge in [-0.05, 0) is 91.9 Å². The zero-order valence-corrected chi connectivity index (χ0v) is 28.6. The predicted molar refractivity (Wildman–Crippen MR) is 181 cm³/mol. The van der Waals surface area contributed by atoms with Crippen molar-refractivity contribution in [1.29, 1.82) is 0 Å². The third-order valence-electron chi connectivity index (χ3n) is 7.57. The van der Waals surface area contributed by atoms with Gasteiger partial charge in [0.1, 0.15) is 0 Å². The van der Waals surface area contributed by atoms with E-state index >= 15 is 0 Å². The molecule has 0 aliphatic heterocycles. The average molecular weight is 681 g/mol. The van der Waals surface area contributed by atoms with Crippen LogP contribution in [0, 0.1) is 0 Å². The summed E-state index contributed by atoms with van der Waals surface area (Å²) in [6.45, 7) is 4.59. The standard InChI is InChI=1S/C34H48Br2S2/c1-3-5-7-9-11-13-15-17-19-29-25-31(35)37-33(29)27-21-23-28(24-22-27)34-30(26-32(36)38-34)20-18-16-14-12-10-8-6-4-2/h21-26H,3-20H2,1-2H3. The molecule has 0 N–H and O–H groups in total. The van der Waals surface area contributed by atoms with E-state index in [0.29, 0.717) is 0 Å². The van der Waals surface area contributed by atoms with Gasteiger partial charge in [-0.25, -0.2) is 0 Å². The summed E-state index contributed by atoms with van der Waals surface area (Å²) < 4.78 is 2.50. The number of aryl methyl sites for hydroxylation is 2. The van der Waals surface area contributed by atoms with Crippen molar-refractivity contribution in [2.24, 2.45) is 0 Å². The number of thiophene rings is 2. The summed E-state index contributed by atoms with van der Waals surface area (Å²) >= 11 is 11.3. The van der Waals surface area contributed by atoms with Crippen LogP contribution in [0.3, 0.4) is 0 Å². The highest BCUT2D eigenvalue weighted by atomic mass is 79.9. The zero-order chi connectivity index (χ0) is 27.0. The van der Waals surface area contributed by atoms with Crippen molar-refractivity contribution in [1.82, 2.24) is 0 Å². The molecule has 0 unspecified atom stereocenters. The first kappa shape index (κ1) is 32.1. The topological polar surface area (TPSA) is 0 Å². The maximum absolute atomic E-state index is 3.77. The summed E-state index contributed by atoms with van der Waals surface area (Å²) in [5.41, 5.74) is 5.74. The van der Waals surface area contributed by atoms with Gasteiger partial charge in [0.15, 0.2) is 0 Å². The van der Waals surface area contributed by atoms with Crippen LogP contribution < -0.4 is 0 Å². The maximum atomic E-state index is 3.77. The molecule has 2 heterocycles. The van der Waals surface area contributed by atoms with Crippen molar-refractivity contribution in [3.05, 3.63) is 55.1 Å². The van der Waals surface area contributed by atoms with E-state index in [0.717, 1.165) is 0 Å². The molecule has 3 aromatic rings. The molecule has 2 aromatic heterocycles. The molecule has 0 bridgehead atoms. The highest BCUT2D eigenvalue weighted by Gasteiger charge is 2.13. The van der Waals surface area contributed by atoms with Crippen LogP contribution in [0.4, 0.5) is 0 Å². The van der Waals surface area contributed by atoms with Crippen LogP contribution in [0.15, 0.2) is 44.0 Å². The Morgan fingerprint density at radius 1 is 0.474 bits per heavy atom. The van der Waals surface area contributed by atoms with Crippen molar-refractivity contribution in [2.45, 2.75) is 129 Å². The SMILES string of the molecule is CCCCCCCCCCc1cc(Br)sc1-c1ccc(-c2sc(Br)cc2CCCCCCCCCC)cc1. The van der Waals surface area contributed by atoms with Gasteiger partial charge in [0.25, 0.3) is 0 Å². The molecule has 4 heteroatoms. The van der Waals surface area contributed by atoms with E-state index in [1.807, 2.05) is 22.7 Å². The molecule has 0 amide bonds. The van der Waals surface area contributed by atoms with Crippen molar-refractivity contribution < 1.29 is 0 Å². The monoisotopic (exact) mass is 678 g/mol. The maximum Gasteiger partial charge on any atom is 0.0707 e. The van der Waals surface area contributed by atoms with Gasteiger partial charge < -0.3 is 0 Å². The van der Waals surface area contributed by atoms with Gasteiger partial charge in [-0.15, -0.1) is 22.7 Å². The average Bonchev–Trinajstić information content (AvgIpc) is 3.48. The number of halogens is 2. The summed E-state index contributed by atoms with van der Waals surface area (Å²) in [6, 6.07) is 14.1. The second-order valence-electron chi connectivity index (χ2n) is 10.8. The van der Waals surface area contributed by atoms with Gasteiger partial charge >= 0.3 is 0 Å². The zero-order valence-electron chi connectivity index (χ0n) is 23.8. The molecule has 0 atom stereocenters. The fourth-order valence-corrected chi connectivity index (χ4v) is 8.73. The van der Waals surface area contributed by atoms with Crippen molar-refractivity contribution in [2.75, 3.05) is 0 Å². The number of benzene rings is 1. The third kappa shape index (κ3) is 11.2. The summed E-state index contributed by atoms with van der Waals surface area (Å²) in [5, 5.41) is 0. The van der Waals surface area contributed by atoms with Gasteiger partial charge in [-0.2, -0.15) is 0 Å². The van der Waals surface area contributed by atoms with Crippen LogP contribution in [-0.2, 0) is 12.8 Å². The Balaban J connectivity index is 1.52. The van der Waals surface area contributed by atoms with E-state index < -0.39 is 0 Å². The van der Waals surface area contributed by atoms with Crippen LogP contribution in [0.5, 0.6) is 0 Å². The Bertz CT molecular complexity index is 948. The molecule has 3 rings (SSSR count). The smallest absolute Gasteiger partial charge is 0.0707 e. The highest BCUT2D eigenvalue weighted by Crippen LogP contribution is 2.40. The van der Waals surface area contributed by atoms with Crippen molar-refractivity contribution in [3.8, 4) is 20.9 Å². The quantitative estimate of drug-likeness (QED) is 0.104. The normalized spacial score (nSPS) is 11.5. The van der Waals surface area contributed by atoms with Crippen molar-refractivity contribution in [3.63, 3.8) is 0 Å². The first-order valence-corrected chi connectivity index (χ1v) is 18.5. The molecule has 0 saturated carbocycles. The van der Waals surface area contributed by atoms with Crippen LogP contribution >= 0.6 is 54.5 Å². The van der Waals surface area contributed by atoms with Gasteiger partial charge in [0.05, 0.1) is 7.57 Å². The lowest BCUT2D eigenvalue weighted by atomic mass is 10.00. The van der Waals surface area contributed by atoms with Gasteiger partial charge in [-0.1, -0.05) is 128 Å². The molecule has 0 aliphatic rings. The molecule has 1 aromatic carbocycles. The first-order valence-electron chi connectivity index (χ1n) is 15.3. The lowest BCUT2D eigenvalue weighted by molar-refractivity contribution is 0.576. The second kappa shape index (κ2) is 18.8. The number of hydrogen-bond donors (Lipinski definition) is 0. The molecule has 0 saturated heterocycles. The fraction of sp³-hybridized carbons (Fsp3) is 0.588. The summed E-state index contributed by atoms with van der Waals surface area (Å²) in [6.07, 6.45) is 24.4. The minimum atomic E-state index is 1.19. The molecule has 0 spiro atoms. The van der Waals surface area contributed by atoms with E-state index in [4.69, 9.17) is 0 Å². The number of hydrogen-bond acceptors (Lipinski definition) is 2. The lowest BCUT2D eigenvalue weighted by Crippen LogP contribution is -1.89. The summed E-state index contributed by atoms with van der Waals surface area (Å²) in [4.78, 5) is 2.88. The Morgan fingerprint density at radius 2 is 0.789 bits per heavy atom. The van der Waals surface area contributed by atoms with E-state index in [-0.39, 0.29) is 0 Å². The van der Waals surface area contributed by atoms with Crippen LogP contribution in [-0.4, -0.2) is 0 Å².